The van der Waals surface area contributed by atoms with Crippen molar-refractivity contribution >= 4 is 58.3 Å². The van der Waals surface area contributed by atoms with Crippen molar-refractivity contribution in [1.29, 1.82) is 10.8 Å². The molecule has 338 valence electrons. The highest BCUT2D eigenvalue weighted by Crippen LogP contribution is 2.39. The number of amidine groups is 2. The zero-order chi connectivity index (χ0) is 46.0. The first kappa shape index (κ1) is 51.8. The number of rotatable bonds is 28. The highest BCUT2D eigenvalue weighted by Gasteiger charge is 2.34. The summed E-state index contributed by atoms with van der Waals surface area (Å²) in [6.07, 6.45) is -7.02. The number of nitrogens with one attached hydrogen (secondary N) is 2. The van der Waals surface area contributed by atoms with E-state index in [1.54, 1.807) is 0 Å². The predicted molar refractivity (Wildman–Crippen MR) is 232 cm³/mol. The van der Waals surface area contributed by atoms with Crippen molar-refractivity contribution in [2.75, 3.05) is 24.6 Å². The maximum Gasteiger partial charge on any atom is 0.416 e. The standard InChI is InChI=1S/C44H54F6N6O4S2/c45-43(46,47)33-19-29(23-35(57)10-3-1-5-12-39(53)54)41(61-16-14-51)31(21-33)25-37(59)27-8-7-9-28(18-27)38(60)26-32-22-34(44(48,49)50)20-30(42(32)62-17-15-52)24-36(58)11-4-2-6-13-40(55)56/h7-9,18-22H,1-6,10-17,23-26,51-52H2,(H3,53,54)(H3,55,56). The molecule has 0 amide bonds. The van der Waals surface area contributed by atoms with Gasteiger partial charge < -0.3 is 22.9 Å². The number of carbonyl (C=O) groups excluding carboxylic acids is 4. The number of hydrogen-bond donors (Lipinski definition) is 6. The fourth-order valence-corrected chi connectivity index (χ4v) is 8.61. The molecule has 0 bridgehead atoms. The normalized spacial score (nSPS) is 11.7. The van der Waals surface area contributed by atoms with E-state index in [-0.39, 0.29) is 107 Å². The van der Waals surface area contributed by atoms with Gasteiger partial charge in [-0.3, -0.25) is 30.0 Å². The number of hydrogen-bond acceptors (Lipinski definition) is 10. The molecule has 0 atom stereocenters. The smallest absolute Gasteiger partial charge is 0.388 e. The van der Waals surface area contributed by atoms with Crippen LogP contribution in [0.5, 0.6) is 0 Å². The third-order valence-electron chi connectivity index (χ3n) is 9.66. The van der Waals surface area contributed by atoms with E-state index in [9.17, 15) is 45.5 Å². The SMILES string of the molecule is N=C(N)CCCCCC(=O)Cc1cc(C(F)(F)F)cc(CC(=O)c2cccc(C(=O)Cc3cc(C(F)(F)F)cc(CC(=O)CCCCCC(=N)N)c3SCCN)c2)c1SCCN. The van der Waals surface area contributed by atoms with E-state index in [4.69, 9.17) is 33.8 Å². The monoisotopic (exact) mass is 908 g/mol. The molecule has 0 spiro atoms. The molecule has 0 aliphatic carbocycles. The minimum Gasteiger partial charge on any atom is -0.388 e. The molecule has 62 heavy (non-hydrogen) atoms. The largest absolute Gasteiger partial charge is 0.416 e. The summed E-state index contributed by atoms with van der Waals surface area (Å²) >= 11 is 2.25. The molecule has 3 aromatic carbocycles. The molecule has 0 heterocycles. The molecular weight excluding hydrogens is 855 g/mol. The molecule has 0 fully saturated rings. The molecule has 0 aliphatic heterocycles. The van der Waals surface area contributed by atoms with E-state index in [1.165, 1.54) is 24.3 Å². The third-order valence-corrected chi connectivity index (χ3v) is 12.2. The van der Waals surface area contributed by atoms with Crippen molar-refractivity contribution in [1.82, 2.24) is 0 Å². The highest BCUT2D eigenvalue weighted by atomic mass is 32.2. The Labute approximate surface area is 366 Å². The van der Waals surface area contributed by atoms with Crippen LogP contribution in [0.25, 0.3) is 0 Å². The number of thioether (sulfide) groups is 2. The van der Waals surface area contributed by atoms with Gasteiger partial charge in [0, 0.05) is 96.9 Å². The average Bonchev–Trinajstić information content (AvgIpc) is 3.18. The Morgan fingerprint density at radius 1 is 0.516 bits per heavy atom. The Bertz CT molecular complexity index is 1940. The maximum atomic E-state index is 14.2. The number of benzene rings is 3. The lowest BCUT2D eigenvalue weighted by atomic mass is 9.93. The number of nitrogens with two attached hydrogens (primary N) is 4. The van der Waals surface area contributed by atoms with Crippen molar-refractivity contribution in [3.05, 3.63) is 93.0 Å². The lowest BCUT2D eigenvalue weighted by Crippen LogP contribution is -2.15. The lowest BCUT2D eigenvalue weighted by Gasteiger charge is -2.18. The zero-order valence-electron chi connectivity index (χ0n) is 34.4. The van der Waals surface area contributed by atoms with Crippen LogP contribution in [0.1, 0.15) is 118 Å². The number of Topliss-reactive ketones (excluding diaryl/α,β-unsaturated/α-hetero) is 4. The first-order chi connectivity index (χ1) is 29.2. The Morgan fingerprint density at radius 2 is 0.855 bits per heavy atom. The van der Waals surface area contributed by atoms with Crippen LogP contribution in [0, 0.1) is 10.8 Å². The van der Waals surface area contributed by atoms with Crippen LogP contribution in [-0.4, -0.2) is 59.4 Å². The minimum atomic E-state index is -4.81. The predicted octanol–water partition coefficient (Wildman–Crippen LogP) is 8.67. The molecule has 10 N–H and O–H groups in total. The van der Waals surface area contributed by atoms with Crippen LogP contribution >= 0.6 is 23.5 Å². The molecule has 0 unspecified atom stereocenters. The number of ketones is 4. The summed E-state index contributed by atoms with van der Waals surface area (Å²) in [6, 6.07) is 8.96. The van der Waals surface area contributed by atoms with E-state index in [0.717, 1.165) is 47.8 Å². The summed E-state index contributed by atoms with van der Waals surface area (Å²) in [5, 5.41) is 14.7. The van der Waals surface area contributed by atoms with Crippen LogP contribution < -0.4 is 22.9 Å². The van der Waals surface area contributed by atoms with Gasteiger partial charge in [-0.1, -0.05) is 31.0 Å². The van der Waals surface area contributed by atoms with Crippen LogP contribution in [0.4, 0.5) is 26.3 Å². The highest BCUT2D eigenvalue weighted by molar-refractivity contribution is 7.99. The summed E-state index contributed by atoms with van der Waals surface area (Å²) in [6.45, 7) is 0.318. The van der Waals surface area contributed by atoms with Gasteiger partial charge in [0.2, 0.25) is 0 Å². The zero-order valence-corrected chi connectivity index (χ0v) is 36.0. The van der Waals surface area contributed by atoms with Crippen molar-refractivity contribution in [3.8, 4) is 0 Å². The fraction of sp³-hybridized carbons (Fsp3) is 0.455. The van der Waals surface area contributed by atoms with Gasteiger partial charge in [0.1, 0.15) is 11.6 Å². The van der Waals surface area contributed by atoms with Crippen LogP contribution in [0.3, 0.4) is 0 Å². The molecule has 3 aromatic rings. The fourth-order valence-electron chi connectivity index (χ4n) is 6.70. The number of unbranched alkanes of at least 4 members (excludes halogenated alkanes) is 4. The Hall–Kier alpha value is -4.52. The second kappa shape index (κ2) is 24.9. The number of carbonyl (C=O) groups is 4. The summed E-state index contributed by atoms with van der Waals surface area (Å²) in [5.41, 5.74) is 20.3. The molecule has 0 saturated carbocycles. The molecule has 0 saturated heterocycles. The summed E-state index contributed by atoms with van der Waals surface area (Å²) in [5.74, 6) is -1.28. The van der Waals surface area contributed by atoms with Crippen molar-refractivity contribution < 1.29 is 45.5 Å². The van der Waals surface area contributed by atoms with Gasteiger partial charge in [-0.05, 0) is 78.3 Å². The molecule has 0 aromatic heterocycles. The van der Waals surface area contributed by atoms with Crippen LogP contribution in [-0.2, 0) is 47.6 Å². The second-order valence-corrected chi connectivity index (χ2v) is 17.1. The van der Waals surface area contributed by atoms with Gasteiger partial charge in [-0.25, -0.2) is 0 Å². The topological polar surface area (TPSA) is 220 Å². The molecule has 3 rings (SSSR count). The van der Waals surface area contributed by atoms with E-state index >= 15 is 0 Å². The molecule has 10 nitrogen and oxygen atoms in total. The van der Waals surface area contributed by atoms with Gasteiger partial charge in [-0.2, -0.15) is 26.3 Å². The number of alkyl halides is 6. The average molecular weight is 909 g/mol. The maximum absolute atomic E-state index is 14.2. The minimum absolute atomic E-state index is 0.0212. The quantitative estimate of drug-likeness (QED) is 0.0102. The van der Waals surface area contributed by atoms with Crippen molar-refractivity contribution in [2.24, 2.45) is 22.9 Å². The van der Waals surface area contributed by atoms with E-state index in [1.807, 2.05) is 0 Å². The Balaban J connectivity index is 1.94. The summed E-state index contributed by atoms with van der Waals surface area (Å²) < 4.78 is 85.3. The first-order valence-corrected chi connectivity index (χ1v) is 22.2. The van der Waals surface area contributed by atoms with E-state index in [0.29, 0.717) is 61.2 Å². The molecular formula is C44H54F6N6O4S2. The summed E-state index contributed by atoms with van der Waals surface area (Å²) in [4.78, 5) is 54.3. The number of halogens is 6. The van der Waals surface area contributed by atoms with Gasteiger partial charge in [-0.15, -0.1) is 23.5 Å². The molecule has 0 aliphatic rings. The summed E-state index contributed by atoms with van der Waals surface area (Å²) in [7, 11) is 0. The molecule has 0 radical (unpaired) electrons. The Kier molecular flexibility index (Phi) is 20.9. The van der Waals surface area contributed by atoms with Gasteiger partial charge >= 0.3 is 12.4 Å². The van der Waals surface area contributed by atoms with Crippen molar-refractivity contribution in [3.63, 3.8) is 0 Å². The lowest BCUT2D eigenvalue weighted by molar-refractivity contribution is -0.138. The van der Waals surface area contributed by atoms with Gasteiger partial charge in [0.25, 0.3) is 0 Å². The van der Waals surface area contributed by atoms with E-state index < -0.39 is 47.9 Å². The van der Waals surface area contributed by atoms with Crippen LogP contribution in [0.15, 0.2) is 58.3 Å². The van der Waals surface area contributed by atoms with E-state index in [2.05, 4.69) is 0 Å². The third kappa shape index (κ3) is 17.3. The Morgan fingerprint density at radius 3 is 1.18 bits per heavy atom. The van der Waals surface area contributed by atoms with Crippen LogP contribution in [0.2, 0.25) is 0 Å². The second-order valence-electron chi connectivity index (χ2n) is 14.9. The van der Waals surface area contributed by atoms with Crippen molar-refractivity contribution in [2.45, 2.75) is 112 Å². The molecule has 18 heteroatoms. The van der Waals surface area contributed by atoms with Gasteiger partial charge in [0.15, 0.2) is 11.6 Å². The van der Waals surface area contributed by atoms with Gasteiger partial charge in [0.05, 0.1) is 22.8 Å². The first-order valence-electron chi connectivity index (χ1n) is 20.2.